The van der Waals surface area contributed by atoms with Crippen molar-refractivity contribution in [1.29, 1.82) is 0 Å². The van der Waals surface area contributed by atoms with Crippen LogP contribution in [0.2, 0.25) is 0 Å². The van der Waals surface area contributed by atoms with Gasteiger partial charge < -0.3 is 0 Å². The molecule has 1 aromatic carbocycles. The minimum atomic E-state index is -0.289. The van der Waals surface area contributed by atoms with Crippen LogP contribution in [0.15, 0.2) is 47.2 Å². The van der Waals surface area contributed by atoms with Crippen molar-refractivity contribution in [3.63, 3.8) is 0 Å². The van der Waals surface area contributed by atoms with E-state index >= 15 is 0 Å². The molecule has 0 unspecified atom stereocenters. The lowest BCUT2D eigenvalue weighted by atomic mass is 10.3. The molecule has 0 saturated heterocycles. The maximum absolute atomic E-state index is 13.2. The Kier molecular flexibility index (Phi) is 2.40. The number of hydrogen-bond donors (Lipinski definition) is 0. The van der Waals surface area contributed by atoms with Gasteiger partial charge in [-0.2, -0.15) is 5.10 Å². The third kappa shape index (κ3) is 1.82. The molecule has 0 aliphatic heterocycles. The second kappa shape index (κ2) is 3.92. The molecule has 5 heteroatoms. The molecule has 0 bridgehead atoms. The first-order valence-corrected chi connectivity index (χ1v) is 5.78. The first kappa shape index (κ1) is 10.4. The van der Waals surface area contributed by atoms with Gasteiger partial charge in [-0.3, -0.25) is 0 Å². The molecular formula is C12H7BrFN3. The lowest BCUT2D eigenvalue weighted by molar-refractivity contribution is 0.625. The number of nitrogens with zero attached hydrogens (tertiary/aromatic N) is 3. The van der Waals surface area contributed by atoms with E-state index in [1.54, 1.807) is 29.2 Å². The topological polar surface area (TPSA) is 30.7 Å². The zero-order valence-electron chi connectivity index (χ0n) is 8.64. The van der Waals surface area contributed by atoms with Gasteiger partial charge in [-0.1, -0.05) is 6.07 Å². The van der Waals surface area contributed by atoms with Crippen molar-refractivity contribution >= 4 is 27.0 Å². The average molecular weight is 292 g/mol. The summed E-state index contributed by atoms with van der Waals surface area (Å²) in [5, 5.41) is 5.12. The van der Waals surface area contributed by atoms with Crippen molar-refractivity contribution in [3.05, 3.63) is 53.0 Å². The zero-order valence-corrected chi connectivity index (χ0v) is 10.2. The van der Waals surface area contributed by atoms with Crippen LogP contribution < -0.4 is 0 Å². The second-order valence-corrected chi connectivity index (χ2v) is 4.52. The molecule has 0 atom stereocenters. The Hall–Kier alpha value is -1.75. The summed E-state index contributed by atoms with van der Waals surface area (Å²) in [5.41, 5.74) is 1.37. The Morgan fingerprint density at radius 1 is 1.18 bits per heavy atom. The number of pyridine rings is 1. The highest BCUT2D eigenvalue weighted by molar-refractivity contribution is 9.10. The normalized spacial score (nSPS) is 10.9. The summed E-state index contributed by atoms with van der Waals surface area (Å²) in [4.78, 5) is 4.28. The van der Waals surface area contributed by atoms with E-state index in [0.29, 0.717) is 11.3 Å². The highest BCUT2D eigenvalue weighted by Crippen LogP contribution is 2.20. The highest BCUT2D eigenvalue weighted by Gasteiger charge is 2.06. The van der Waals surface area contributed by atoms with Crippen LogP contribution in [-0.4, -0.2) is 14.8 Å². The third-order valence-electron chi connectivity index (χ3n) is 2.43. The Bertz CT molecular complexity index is 693. The fraction of sp³-hybridized carbons (Fsp3) is 0. The minimum absolute atomic E-state index is 0.289. The molecule has 17 heavy (non-hydrogen) atoms. The lowest BCUT2D eigenvalue weighted by Crippen LogP contribution is -1.97. The Balaban J connectivity index is 2.24. The molecule has 2 heterocycles. The predicted molar refractivity (Wildman–Crippen MR) is 66.5 cm³/mol. The quantitative estimate of drug-likeness (QED) is 0.689. The van der Waals surface area contributed by atoms with Crippen molar-refractivity contribution in [1.82, 2.24) is 14.8 Å². The second-order valence-electron chi connectivity index (χ2n) is 3.60. The molecule has 0 fully saturated rings. The molecule has 3 aromatic rings. The highest BCUT2D eigenvalue weighted by atomic mass is 79.9. The maximum Gasteiger partial charge on any atom is 0.162 e. The number of halogens is 2. The SMILES string of the molecule is Fc1cccc(-n2ncc3cc(Br)cnc32)c1. The van der Waals surface area contributed by atoms with Crippen LogP contribution >= 0.6 is 15.9 Å². The van der Waals surface area contributed by atoms with Crippen LogP contribution in [0.1, 0.15) is 0 Å². The van der Waals surface area contributed by atoms with Gasteiger partial charge in [-0.25, -0.2) is 14.1 Å². The van der Waals surface area contributed by atoms with Gasteiger partial charge in [-0.15, -0.1) is 0 Å². The van der Waals surface area contributed by atoms with E-state index in [0.717, 1.165) is 9.86 Å². The predicted octanol–water partition coefficient (Wildman–Crippen LogP) is 3.32. The van der Waals surface area contributed by atoms with Gasteiger partial charge in [0.2, 0.25) is 0 Å². The Morgan fingerprint density at radius 3 is 2.88 bits per heavy atom. The van der Waals surface area contributed by atoms with E-state index in [9.17, 15) is 4.39 Å². The number of hydrogen-bond acceptors (Lipinski definition) is 2. The van der Waals surface area contributed by atoms with Gasteiger partial charge in [0, 0.05) is 16.1 Å². The summed E-state index contributed by atoms with van der Waals surface area (Å²) >= 11 is 3.35. The van der Waals surface area contributed by atoms with Crippen molar-refractivity contribution in [2.75, 3.05) is 0 Å². The van der Waals surface area contributed by atoms with Gasteiger partial charge in [0.25, 0.3) is 0 Å². The molecule has 0 saturated carbocycles. The van der Waals surface area contributed by atoms with E-state index in [-0.39, 0.29) is 5.82 Å². The first-order valence-electron chi connectivity index (χ1n) is 4.99. The van der Waals surface area contributed by atoms with E-state index in [1.807, 2.05) is 6.07 Å². The molecule has 0 amide bonds. The van der Waals surface area contributed by atoms with E-state index in [4.69, 9.17) is 0 Å². The molecule has 84 valence electrons. The van der Waals surface area contributed by atoms with Crippen LogP contribution in [-0.2, 0) is 0 Å². The summed E-state index contributed by atoms with van der Waals surface area (Å²) in [5.74, 6) is -0.289. The van der Waals surface area contributed by atoms with Crippen LogP contribution in [0.3, 0.4) is 0 Å². The monoisotopic (exact) mass is 291 g/mol. The number of aromatic nitrogens is 3. The largest absolute Gasteiger partial charge is 0.235 e. The zero-order chi connectivity index (χ0) is 11.8. The van der Waals surface area contributed by atoms with Crippen LogP contribution in [0.5, 0.6) is 0 Å². The fourth-order valence-electron chi connectivity index (χ4n) is 1.69. The fourth-order valence-corrected chi connectivity index (χ4v) is 2.04. The molecule has 0 spiro atoms. The minimum Gasteiger partial charge on any atom is -0.235 e. The number of fused-ring (bicyclic) bond motifs is 1. The summed E-state index contributed by atoms with van der Waals surface area (Å²) in [6.07, 6.45) is 3.40. The Labute approximate surface area is 105 Å². The van der Waals surface area contributed by atoms with Gasteiger partial charge in [-0.05, 0) is 40.2 Å². The lowest BCUT2D eigenvalue weighted by Gasteiger charge is -2.02. The molecule has 0 radical (unpaired) electrons. The first-order chi connectivity index (χ1) is 8.24. The van der Waals surface area contributed by atoms with E-state index in [2.05, 4.69) is 26.0 Å². The van der Waals surface area contributed by atoms with Crippen LogP contribution in [0.4, 0.5) is 4.39 Å². The average Bonchev–Trinajstić information content (AvgIpc) is 2.71. The Morgan fingerprint density at radius 2 is 2.06 bits per heavy atom. The van der Waals surface area contributed by atoms with Crippen molar-refractivity contribution < 1.29 is 4.39 Å². The van der Waals surface area contributed by atoms with Gasteiger partial charge in [0.05, 0.1) is 11.9 Å². The van der Waals surface area contributed by atoms with E-state index in [1.165, 1.54) is 12.1 Å². The van der Waals surface area contributed by atoms with Crippen LogP contribution in [0, 0.1) is 5.82 Å². The molecular weight excluding hydrogens is 285 g/mol. The standard InChI is InChI=1S/C12H7BrFN3/c13-9-4-8-6-16-17(12(8)15-7-9)11-3-1-2-10(14)5-11/h1-7H. The smallest absolute Gasteiger partial charge is 0.162 e. The molecule has 3 rings (SSSR count). The van der Waals surface area contributed by atoms with Gasteiger partial charge >= 0.3 is 0 Å². The summed E-state index contributed by atoms with van der Waals surface area (Å²) in [7, 11) is 0. The number of benzene rings is 1. The van der Waals surface area contributed by atoms with Crippen molar-refractivity contribution in [2.45, 2.75) is 0 Å². The van der Waals surface area contributed by atoms with Gasteiger partial charge in [0.1, 0.15) is 5.82 Å². The molecule has 2 aromatic heterocycles. The molecule has 0 aliphatic rings. The van der Waals surface area contributed by atoms with Crippen molar-refractivity contribution in [3.8, 4) is 5.69 Å². The summed E-state index contributed by atoms with van der Waals surface area (Å²) in [6.45, 7) is 0. The molecule has 0 aliphatic carbocycles. The summed E-state index contributed by atoms with van der Waals surface area (Å²) < 4.78 is 15.7. The van der Waals surface area contributed by atoms with E-state index < -0.39 is 0 Å². The van der Waals surface area contributed by atoms with Gasteiger partial charge in [0.15, 0.2) is 5.65 Å². The third-order valence-corrected chi connectivity index (χ3v) is 2.86. The number of rotatable bonds is 1. The summed E-state index contributed by atoms with van der Waals surface area (Å²) in [6, 6.07) is 8.19. The maximum atomic E-state index is 13.2. The molecule has 3 nitrogen and oxygen atoms in total. The molecule has 0 N–H and O–H groups in total. The van der Waals surface area contributed by atoms with Crippen LogP contribution in [0.25, 0.3) is 16.7 Å². The van der Waals surface area contributed by atoms with Crippen molar-refractivity contribution in [2.24, 2.45) is 0 Å².